The van der Waals surface area contributed by atoms with Crippen molar-refractivity contribution in [3.8, 4) is 5.75 Å². The zero-order chi connectivity index (χ0) is 18.0. The molecule has 2 unspecified atom stereocenters. The van der Waals surface area contributed by atoms with Crippen LogP contribution < -0.4 is 10.2 Å². The molecule has 0 radical (unpaired) electrons. The Kier molecular flexibility index (Phi) is 4.57. The monoisotopic (exact) mass is 343 g/mol. The van der Waals surface area contributed by atoms with Crippen LogP contribution >= 0.6 is 0 Å². The van der Waals surface area contributed by atoms with Crippen LogP contribution in [0.2, 0.25) is 0 Å². The molecule has 7 heteroatoms. The molecule has 3 aliphatic carbocycles. The molecule has 1 fully saturated rings. The van der Waals surface area contributed by atoms with Gasteiger partial charge in [0.15, 0.2) is 12.4 Å². The number of hydrogen-bond donors (Lipinski definition) is 1. The summed E-state index contributed by atoms with van der Waals surface area (Å²) in [6.45, 7) is 4.20. The second-order valence-corrected chi connectivity index (χ2v) is 7.05. The van der Waals surface area contributed by atoms with Crippen LogP contribution in [0, 0.1) is 27.4 Å². The normalized spacial score (nSPS) is 23.5. The highest BCUT2D eigenvalue weighted by Crippen LogP contribution is 2.58. The average molecular weight is 343 g/mol. The van der Waals surface area contributed by atoms with Crippen LogP contribution in [0.3, 0.4) is 0 Å². The Balaban J connectivity index is 1.51. The Morgan fingerprint density at radius 1 is 1.48 bits per heavy atom. The smallest absolute Gasteiger partial charge is 0.310 e. The molecule has 0 aromatic heterocycles. The van der Waals surface area contributed by atoms with E-state index in [4.69, 9.17) is 4.74 Å². The zero-order valence-electron chi connectivity index (χ0n) is 14.3. The molecule has 1 aromatic rings. The SMILES string of the molecule is CC1(C)C2CC=C(/C=N/NC(=O)COc3ccccc3[N+](=O)[O-])C1C2. The van der Waals surface area contributed by atoms with Gasteiger partial charge in [-0.05, 0) is 41.7 Å². The van der Waals surface area contributed by atoms with E-state index in [0.29, 0.717) is 11.3 Å². The maximum Gasteiger partial charge on any atom is 0.310 e. The number of fused-ring (bicyclic) bond motifs is 1. The lowest BCUT2D eigenvalue weighted by Crippen LogP contribution is -2.48. The van der Waals surface area contributed by atoms with Crippen LogP contribution in [0.4, 0.5) is 5.69 Å². The van der Waals surface area contributed by atoms with Gasteiger partial charge in [0.2, 0.25) is 0 Å². The van der Waals surface area contributed by atoms with Crippen LogP contribution in [0.5, 0.6) is 5.75 Å². The predicted octanol–water partition coefficient (Wildman–Crippen LogP) is 3.07. The van der Waals surface area contributed by atoms with E-state index in [-0.39, 0.29) is 18.0 Å². The number of nitrogens with one attached hydrogen (secondary N) is 1. The average Bonchev–Trinajstić information content (AvgIpc) is 2.60. The number of nitrogens with zero attached hydrogens (tertiary/aromatic N) is 2. The van der Waals surface area contributed by atoms with E-state index in [2.05, 4.69) is 30.5 Å². The van der Waals surface area contributed by atoms with E-state index in [0.717, 1.165) is 17.9 Å². The minimum absolute atomic E-state index is 0.0591. The minimum Gasteiger partial charge on any atom is -0.477 e. The number of carbonyl (C=O) groups excluding carboxylic acids is 1. The number of benzene rings is 1. The molecule has 7 nitrogen and oxygen atoms in total. The van der Waals surface area contributed by atoms with Crippen molar-refractivity contribution in [2.45, 2.75) is 26.7 Å². The number of para-hydroxylation sites is 2. The van der Waals surface area contributed by atoms with Crippen molar-refractivity contribution in [2.75, 3.05) is 6.61 Å². The number of nitro benzene ring substituents is 1. The summed E-state index contributed by atoms with van der Waals surface area (Å²) in [5.74, 6) is 0.842. The molecule has 4 rings (SSSR count). The van der Waals surface area contributed by atoms with Gasteiger partial charge in [-0.25, -0.2) is 5.43 Å². The van der Waals surface area contributed by atoms with Gasteiger partial charge in [-0.15, -0.1) is 0 Å². The molecule has 0 aliphatic heterocycles. The number of nitro groups is 1. The van der Waals surface area contributed by atoms with Crippen molar-refractivity contribution in [2.24, 2.45) is 22.4 Å². The van der Waals surface area contributed by atoms with Crippen LogP contribution in [-0.4, -0.2) is 23.7 Å². The van der Waals surface area contributed by atoms with Crippen LogP contribution in [0.1, 0.15) is 26.7 Å². The Labute approximate surface area is 145 Å². The van der Waals surface area contributed by atoms with E-state index >= 15 is 0 Å². The molecule has 1 saturated carbocycles. The van der Waals surface area contributed by atoms with E-state index < -0.39 is 10.8 Å². The summed E-state index contributed by atoms with van der Waals surface area (Å²) in [6.07, 6.45) is 6.12. The Bertz CT molecular complexity index is 754. The minimum atomic E-state index is -0.547. The molecular formula is C18H21N3O4. The van der Waals surface area contributed by atoms with Gasteiger partial charge < -0.3 is 4.74 Å². The maximum atomic E-state index is 11.8. The van der Waals surface area contributed by atoms with E-state index in [1.807, 2.05) is 0 Å². The highest BCUT2D eigenvalue weighted by atomic mass is 16.6. The van der Waals surface area contributed by atoms with Gasteiger partial charge in [-0.2, -0.15) is 5.10 Å². The first-order valence-electron chi connectivity index (χ1n) is 8.27. The number of allylic oxidation sites excluding steroid dienone is 2. The molecule has 0 heterocycles. The summed E-state index contributed by atoms with van der Waals surface area (Å²) < 4.78 is 5.22. The second-order valence-electron chi connectivity index (χ2n) is 7.05. The fourth-order valence-electron chi connectivity index (χ4n) is 3.63. The molecule has 3 aliphatic rings. The first-order valence-corrected chi connectivity index (χ1v) is 8.27. The summed E-state index contributed by atoms with van der Waals surface area (Å²) >= 11 is 0. The van der Waals surface area contributed by atoms with Crippen molar-refractivity contribution >= 4 is 17.8 Å². The van der Waals surface area contributed by atoms with Crippen molar-refractivity contribution in [3.05, 3.63) is 46.0 Å². The van der Waals surface area contributed by atoms with Crippen molar-refractivity contribution in [3.63, 3.8) is 0 Å². The molecule has 0 spiro atoms. The van der Waals surface area contributed by atoms with Crippen LogP contribution in [-0.2, 0) is 4.79 Å². The lowest BCUT2D eigenvalue weighted by atomic mass is 9.49. The largest absolute Gasteiger partial charge is 0.477 e. The van der Waals surface area contributed by atoms with Gasteiger partial charge in [0.05, 0.1) is 11.1 Å². The van der Waals surface area contributed by atoms with Gasteiger partial charge in [-0.1, -0.05) is 32.1 Å². The number of rotatable bonds is 6. The predicted molar refractivity (Wildman–Crippen MR) is 93.3 cm³/mol. The molecule has 1 amide bonds. The van der Waals surface area contributed by atoms with E-state index in [9.17, 15) is 14.9 Å². The highest BCUT2D eigenvalue weighted by Gasteiger charge is 2.50. The van der Waals surface area contributed by atoms with Gasteiger partial charge in [-0.3, -0.25) is 14.9 Å². The van der Waals surface area contributed by atoms with Crippen molar-refractivity contribution in [1.29, 1.82) is 0 Å². The highest BCUT2D eigenvalue weighted by molar-refractivity contribution is 5.83. The quantitative estimate of drug-likeness (QED) is 0.488. The topological polar surface area (TPSA) is 93.8 Å². The number of ether oxygens (including phenoxy) is 1. The fraction of sp³-hybridized carbons (Fsp3) is 0.444. The fourth-order valence-corrected chi connectivity index (χ4v) is 3.63. The molecule has 1 aromatic carbocycles. The molecule has 0 saturated heterocycles. The molecule has 132 valence electrons. The van der Waals surface area contributed by atoms with Gasteiger partial charge in [0.25, 0.3) is 5.91 Å². The third-order valence-corrected chi connectivity index (χ3v) is 5.33. The Morgan fingerprint density at radius 3 is 2.92 bits per heavy atom. The summed E-state index contributed by atoms with van der Waals surface area (Å²) in [6, 6.07) is 5.94. The first kappa shape index (κ1) is 17.1. The van der Waals surface area contributed by atoms with E-state index in [1.54, 1.807) is 18.3 Å². The van der Waals surface area contributed by atoms with Gasteiger partial charge in [0, 0.05) is 6.07 Å². The van der Waals surface area contributed by atoms with E-state index in [1.165, 1.54) is 18.6 Å². The second kappa shape index (κ2) is 6.66. The summed E-state index contributed by atoms with van der Waals surface area (Å²) in [5, 5.41) is 14.9. The standard InChI is InChI=1S/C18H21N3O4/c1-18(2)13-8-7-12(14(18)9-13)10-19-20-17(22)11-25-16-6-4-3-5-15(16)21(23)24/h3-7,10,13-14H,8-9,11H2,1-2H3,(H,20,22)/b19-10+. The molecular weight excluding hydrogens is 322 g/mol. The zero-order valence-corrected chi connectivity index (χ0v) is 14.3. The Morgan fingerprint density at radius 2 is 2.24 bits per heavy atom. The Hall–Kier alpha value is -2.70. The summed E-state index contributed by atoms with van der Waals surface area (Å²) in [7, 11) is 0. The molecule has 1 N–H and O–H groups in total. The van der Waals surface area contributed by atoms with Crippen molar-refractivity contribution < 1.29 is 14.5 Å². The van der Waals surface area contributed by atoms with Gasteiger partial charge in [0.1, 0.15) is 0 Å². The number of hydrogen-bond acceptors (Lipinski definition) is 5. The molecule has 2 atom stereocenters. The summed E-state index contributed by atoms with van der Waals surface area (Å²) in [4.78, 5) is 22.2. The lowest BCUT2D eigenvalue weighted by Gasteiger charge is -2.55. The summed E-state index contributed by atoms with van der Waals surface area (Å²) in [5.41, 5.74) is 3.70. The first-order chi connectivity index (χ1) is 11.9. The van der Waals surface area contributed by atoms with Gasteiger partial charge >= 0.3 is 5.69 Å². The lowest BCUT2D eigenvalue weighted by molar-refractivity contribution is -0.385. The molecule has 2 bridgehead atoms. The van der Waals surface area contributed by atoms with Crippen LogP contribution in [0.25, 0.3) is 0 Å². The number of hydrazone groups is 1. The number of carbonyl (C=O) groups is 1. The van der Waals surface area contributed by atoms with Crippen molar-refractivity contribution in [1.82, 2.24) is 5.43 Å². The van der Waals surface area contributed by atoms with Crippen LogP contribution in [0.15, 0.2) is 41.0 Å². The number of amides is 1. The maximum absolute atomic E-state index is 11.8. The molecule has 25 heavy (non-hydrogen) atoms. The third-order valence-electron chi connectivity index (χ3n) is 5.33. The third kappa shape index (κ3) is 3.40.